The number of nitrogens with two attached hydrogens (primary N) is 1. The Bertz CT molecular complexity index is 1630. The Hall–Kier alpha value is -0.150. The summed E-state index contributed by atoms with van der Waals surface area (Å²) in [5.74, 6) is -1.07. The van der Waals surface area contributed by atoms with Gasteiger partial charge in [-0.3, -0.25) is 4.55 Å². The minimum Gasteiger partial charge on any atom is -0.872 e. The summed E-state index contributed by atoms with van der Waals surface area (Å²) in [4.78, 5) is -2.76. The Morgan fingerprint density at radius 3 is 1.89 bits per heavy atom. The summed E-state index contributed by atoms with van der Waals surface area (Å²) in [5.41, 5.74) is 3.89. The van der Waals surface area contributed by atoms with Gasteiger partial charge < -0.3 is 19.9 Å². The van der Waals surface area contributed by atoms with Crippen molar-refractivity contribution in [2.75, 3.05) is 5.73 Å². The summed E-state index contributed by atoms with van der Waals surface area (Å²) in [5, 5.41) is 18.5. The normalized spacial score (nSPS) is 12.0. The summed E-state index contributed by atoms with van der Waals surface area (Å²) in [7, 11) is -15.2. The summed E-state index contributed by atoms with van der Waals surface area (Å²) in [6.45, 7) is 0. The van der Waals surface area contributed by atoms with Crippen LogP contribution in [0.5, 0.6) is 5.75 Å². The van der Waals surface area contributed by atoms with E-state index in [2.05, 4.69) is 10.2 Å². The molecule has 0 aliphatic carbocycles. The van der Waals surface area contributed by atoms with E-state index >= 15 is 0 Å². The zero-order valence-electron chi connectivity index (χ0n) is 18.4. The van der Waals surface area contributed by atoms with Crippen molar-refractivity contribution in [1.29, 1.82) is 0 Å². The molecule has 3 aromatic rings. The zero-order valence-corrected chi connectivity index (χ0v) is 26.8. The van der Waals surface area contributed by atoms with Crippen LogP contribution in [0.1, 0.15) is 0 Å². The molecule has 0 spiro atoms. The Labute approximate surface area is 266 Å². The van der Waals surface area contributed by atoms with Gasteiger partial charge in [0.05, 0.1) is 15.5 Å². The van der Waals surface area contributed by atoms with Gasteiger partial charge in [-0.15, -0.1) is 10.2 Å². The number of rotatable bonds is 5. The predicted molar refractivity (Wildman–Crippen MR) is 104 cm³/mol. The molecular formula is C16H10N3Na3O10S3. The van der Waals surface area contributed by atoms with Gasteiger partial charge in [0.2, 0.25) is 0 Å². The van der Waals surface area contributed by atoms with Gasteiger partial charge in [-0.25, -0.2) is 16.8 Å². The predicted octanol–water partition coefficient (Wildman–Crippen LogP) is -8.02. The van der Waals surface area contributed by atoms with E-state index in [0.29, 0.717) is 18.2 Å². The van der Waals surface area contributed by atoms with Gasteiger partial charge in [0, 0.05) is 0 Å². The van der Waals surface area contributed by atoms with Gasteiger partial charge in [-0.1, -0.05) is 23.9 Å². The number of nitrogen functional groups attached to an aromatic ring is 1. The average molecular weight is 569 g/mol. The molecular weight excluding hydrogens is 559 g/mol. The molecule has 3 N–H and O–H groups in total. The molecule has 0 heterocycles. The average Bonchev–Trinajstić information content (AvgIpc) is 2.64. The maximum absolute atomic E-state index is 12.4. The summed E-state index contributed by atoms with van der Waals surface area (Å²) in [6.07, 6.45) is 0. The Morgan fingerprint density at radius 1 is 0.800 bits per heavy atom. The van der Waals surface area contributed by atoms with Crippen LogP contribution in [0.25, 0.3) is 10.8 Å². The second-order valence-corrected chi connectivity index (χ2v) is 10.3. The van der Waals surface area contributed by atoms with Crippen LogP contribution in [0.2, 0.25) is 0 Å². The first-order valence-corrected chi connectivity index (χ1v) is 12.3. The topological polar surface area (TPSA) is 243 Å². The van der Waals surface area contributed by atoms with Crippen molar-refractivity contribution in [3.05, 3.63) is 42.5 Å². The van der Waals surface area contributed by atoms with Gasteiger partial charge in [0.15, 0.2) is 0 Å². The molecule has 19 heteroatoms. The van der Waals surface area contributed by atoms with E-state index in [9.17, 15) is 44.0 Å². The number of fused-ring (bicyclic) bond motifs is 1. The fourth-order valence-corrected chi connectivity index (χ4v) is 4.58. The van der Waals surface area contributed by atoms with Crippen LogP contribution in [0, 0.1) is 0 Å². The molecule has 3 rings (SSSR count). The second-order valence-electron chi connectivity index (χ2n) is 6.21. The van der Waals surface area contributed by atoms with Crippen LogP contribution in [0.3, 0.4) is 0 Å². The van der Waals surface area contributed by atoms with Gasteiger partial charge in [-0.2, -0.15) is 8.42 Å². The van der Waals surface area contributed by atoms with Crippen molar-refractivity contribution in [3.63, 3.8) is 0 Å². The molecule has 0 bridgehead atoms. The Balaban J connectivity index is 0.00000385. The number of nitrogens with zero attached hydrogens (tertiary/aromatic N) is 2. The maximum Gasteiger partial charge on any atom is 1.00 e. The third-order valence-electron chi connectivity index (χ3n) is 4.11. The van der Waals surface area contributed by atoms with E-state index in [-0.39, 0.29) is 88.7 Å². The van der Waals surface area contributed by atoms with Crippen molar-refractivity contribution >= 4 is 58.2 Å². The van der Waals surface area contributed by atoms with Crippen molar-refractivity contribution in [2.24, 2.45) is 10.2 Å². The Morgan fingerprint density at radius 2 is 1.37 bits per heavy atom. The fraction of sp³-hybridized carbons (Fsp3) is 0. The summed E-state index contributed by atoms with van der Waals surface area (Å²) >= 11 is 0. The van der Waals surface area contributed by atoms with E-state index in [1.165, 1.54) is 12.1 Å². The standard InChI is InChI=1S/C16H13N3O10S3.3Na/c17-15-14-8(5-9(7-11(14)20)30(21,22)23)6-13(32(27,28)29)16(15)19-18-10-3-1-2-4-12(10)31(24,25)26;;;/h1-7,20H,17H2,(H,21,22,23)(H,24,25,26)(H,27,28,29);;;/q;3*+1/p-3. The first-order valence-electron chi connectivity index (χ1n) is 8.08. The van der Waals surface area contributed by atoms with E-state index in [4.69, 9.17) is 5.73 Å². The van der Waals surface area contributed by atoms with E-state index in [1.807, 2.05) is 0 Å². The molecule has 0 radical (unpaired) electrons. The minimum absolute atomic E-state index is 0. The van der Waals surface area contributed by atoms with Crippen LogP contribution < -0.4 is 99.5 Å². The molecule has 35 heavy (non-hydrogen) atoms. The SMILES string of the molecule is Nc1c(N=Nc2ccccc2S(=O)(=O)[O-])c(S(=O)(=O)O)cc2cc(S(=O)(=O)[O-])cc([O-])c12.[Na+].[Na+].[Na+]. The van der Waals surface area contributed by atoms with Crippen LogP contribution in [0.4, 0.5) is 17.1 Å². The van der Waals surface area contributed by atoms with Crippen LogP contribution in [0.15, 0.2) is 67.4 Å². The molecule has 13 nitrogen and oxygen atoms in total. The number of benzene rings is 3. The molecule has 170 valence electrons. The first-order chi connectivity index (χ1) is 14.6. The molecule has 3 aromatic carbocycles. The third kappa shape index (κ3) is 7.92. The van der Waals surface area contributed by atoms with E-state index in [1.54, 1.807) is 0 Å². The molecule has 0 atom stereocenters. The van der Waals surface area contributed by atoms with Crippen LogP contribution in [-0.4, -0.2) is 38.9 Å². The summed E-state index contributed by atoms with van der Waals surface area (Å²) < 4.78 is 101. The van der Waals surface area contributed by atoms with Gasteiger partial charge in [-0.05, 0) is 35.0 Å². The second kappa shape index (κ2) is 12.6. The molecule has 0 aromatic heterocycles. The maximum atomic E-state index is 12.4. The molecule has 0 saturated carbocycles. The quantitative estimate of drug-likeness (QED) is 0.126. The van der Waals surface area contributed by atoms with Crippen molar-refractivity contribution in [2.45, 2.75) is 14.7 Å². The van der Waals surface area contributed by atoms with Gasteiger partial charge >= 0.3 is 88.7 Å². The van der Waals surface area contributed by atoms with Crippen LogP contribution >= 0.6 is 0 Å². The largest absolute Gasteiger partial charge is 1.00 e. The minimum atomic E-state index is -5.09. The summed E-state index contributed by atoms with van der Waals surface area (Å²) in [6, 6.07) is 6.31. The smallest absolute Gasteiger partial charge is 0.872 e. The zero-order chi connectivity index (χ0) is 24.1. The van der Waals surface area contributed by atoms with E-state index < -0.39 is 78.6 Å². The first kappa shape index (κ1) is 34.9. The Kier molecular flexibility index (Phi) is 12.5. The number of anilines is 1. The van der Waals surface area contributed by atoms with Crippen molar-refractivity contribution in [3.8, 4) is 5.75 Å². The monoisotopic (exact) mass is 569 g/mol. The third-order valence-corrected chi connectivity index (χ3v) is 6.67. The van der Waals surface area contributed by atoms with Crippen LogP contribution in [-0.2, 0) is 30.4 Å². The molecule has 0 amide bonds. The molecule has 0 unspecified atom stereocenters. The van der Waals surface area contributed by atoms with Crippen molar-refractivity contribution < 1.29 is 133 Å². The number of azo groups is 1. The molecule has 0 fully saturated rings. The van der Waals surface area contributed by atoms with Gasteiger partial charge in [0.25, 0.3) is 10.1 Å². The number of hydrogen-bond acceptors (Lipinski definition) is 12. The number of hydrogen-bond donors (Lipinski definition) is 2. The fourth-order valence-electron chi connectivity index (χ4n) is 2.77. The van der Waals surface area contributed by atoms with Crippen molar-refractivity contribution in [1.82, 2.24) is 0 Å². The van der Waals surface area contributed by atoms with E-state index in [0.717, 1.165) is 12.1 Å². The molecule has 0 aliphatic heterocycles. The molecule has 0 saturated heterocycles. The van der Waals surface area contributed by atoms with Gasteiger partial charge in [0.1, 0.15) is 36.5 Å². The molecule has 0 aliphatic rings.